The normalized spacial score (nSPS) is 24.0. The first-order valence-corrected chi connectivity index (χ1v) is 4.72. The van der Waals surface area contributed by atoms with Gasteiger partial charge in [-0.2, -0.15) is 0 Å². The lowest BCUT2D eigenvalue weighted by Gasteiger charge is -2.26. The van der Waals surface area contributed by atoms with Gasteiger partial charge in [-0.15, -0.1) is 0 Å². The van der Waals surface area contributed by atoms with Crippen LogP contribution >= 0.6 is 0 Å². The summed E-state index contributed by atoms with van der Waals surface area (Å²) in [4.78, 5) is 11.4. The number of allylic oxidation sites excluding steroid dienone is 2. The predicted octanol–water partition coefficient (Wildman–Crippen LogP) is 2.05. The summed E-state index contributed by atoms with van der Waals surface area (Å²) in [7, 11) is 0. The number of carbonyl (C=O) groups is 1. The fourth-order valence-electron chi connectivity index (χ4n) is 1.56. The highest BCUT2D eigenvalue weighted by molar-refractivity contribution is 5.73. The van der Waals surface area contributed by atoms with Crippen molar-refractivity contribution in [1.29, 1.82) is 0 Å². The van der Waals surface area contributed by atoms with Gasteiger partial charge in [0.05, 0.1) is 5.92 Å². The number of rotatable bonds is 2. The molecule has 0 bridgehead atoms. The second kappa shape index (κ2) is 3.30. The van der Waals surface area contributed by atoms with E-state index in [0.717, 1.165) is 25.7 Å². The zero-order valence-electron chi connectivity index (χ0n) is 7.16. The molecule has 0 heterocycles. The first-order valence-electron chi connectivity index (χ1n) is 4.72. The second-order valence-corrected chi connectivity index (χ2v) is 3.63. The van der Waals surface area contributed by atoms with Gasteiger partial charge in [0.25, 0.3) is 0 Å². The summed E-state index contributed by atoms with van der Waals surface area (Å²) in [6.45, 7) is 0. The Morgan fingerprint density at radius 2 is 1.92 bits per heavy atom. The summed E-state index contributed by atoms with van der Waals surface area (Å²) in [5.74, 6) is 0.148. The average molecular weight is 166 g/mol. The molecule has 0 aromatic rings. The van der Waals surface area contributed by atoms with E-state index < -0.39 is 0 Å². The van der Waals surface area contributed by atoms with Crippen LogP contribution in [0.4, 0.5) is 0 Å². The molecule has 0 radical (unpaired) electrons. The molecule has 12 heavy (non-hydrogen) atoms. The van der Waals surface area contributed by atoms with Gasteiger partial charge in [-0.05, 0) is 32.1 Å². The van der Waals surface area contributed by atoms with Gasteiger partial charge >= 0.3 is 5.97 Å². The second-order valence-electron chi connectivity index (χ2n) is 3.63. The van der Waals surface area contributed by atoms with E-state index in [4.69, 9.17) is 4.74 Å². The zero-order valence-corrected chi connectivity index (χ0v) is 7.16. The first kappa shape index (κ1) is 7.84. The standard InChI is InChI=1S/C10H14O2/c11-10(8-4-1-2-5-8)12-9-6-3-7-9/h1-2,8-9H,3-7H2. The number of ether oxygens (including phenoxy) is 1. The summed E-state index contributed by atoms with van der Waals surface area (Å²) in [6.07, 6.45) is 9.51. The quantitative estimate of drug-likeness (QED) is 0.463. The molecule has 0 spiro atoms. The fourth-order valence-corrected chi connectivity index (χ4v) is 1.56. The lowest BCUT2D eigenvalue weighted by Crippen LogP contribution is -2.28. The maximum Gasteiger partial charge on any atom is 0.309 e. The van der Waals surface area contributed by atoms with Crippen molar-refractivity contribution in [1.82, 2.24) is 0 Å². The van der Waals surface area contributed by atoms with Crippen molar-refractivity contribution in [2.45, 2.75) is 38.2 Å². The van der Waals surface area contributed by atoms with Gasteiger partial charge < -0.3 is 4.74 Å². The monoisotopic (exact) mass is 166 g/mol. The molecule has 0 N–H and O–H groups in total. The molecule has 0 amide bonds. The molecule has 2 aliphatic rings. The van der Waals surface area contributed by atoms with E-state index in [1.807, 2.05) is 0 Å². The highest BCUT2D eigenvalue weighted by Crippen LogP contribution is 2.26. The Hall–Kier alpha value is -0.790. The minimum atomic E-state index is 0.0182. The van der Waals surface area contributed by atoms with E-state index in [0.29, 0.717) is 0 Å². The Labute approximate surface area is 72.6 Å². The van der Waals surface area contributed by atoms with Crippen molar-refractivity contribution in [2.24, 2.45) is 5.92 Å². The molecule has 2 heteroatoms. The van der Waals surface area contributed by atoms with Crippen molar-refractivity contribution in [3.05, 3.63) is 12.2 Å². The third kappa shape index (κ3) is 1.52. The third-order valence-corrected chi connectivity index (χ3v) is 2.68. The summed E-state index contributed by atoms with van der Waals surface area (Å²) in [5.41, 5.74) is 0. The van der Waals surface area contributed by atoms with E-state index in [1.54, 1.807) is 0 Å². The minimum Gasteiger partial charge on any atom is -0.462 e. The van der Waals surface area contributed by atoms with Gasteiger partial charge in [0, 0.05) is 0 Å². The summed E-state index contributed by atoms with van der Waals surface area (Å²) < 4.78 is 5.29. The zero-order chi connectivity index (χ0) is 8.39. The van der Waals surface area contributed by atoms with Gasteiger partial charge in [-0.3, -0.25) is 4.79 Å². The number of esters is 1. The molecule has 1 saturated carbocycles. The van der Waals surface area contributed by atoms with E-state index in [1.165, 1.54) is 6.42 Å². The molecule has 0 unspecified atom stereocenters. The van der Waals surface area contributed by atoms with E-state index >= 15 is 0 Å². The van der Waals surface area contributed by atoms with Crippen LogP contribution in [0.5, 0.6) is 0 Å². The average Bonchev–Trinajstić information content (AvgIpc) is 2.47. The molecule has 66 valence electrons. The van der Waals surface area contributed by atoms with Crippen molar-refractivity contribution in [2.75, 3.05) is 0 Å². The van der Waals surface area contributed by atoms with Crippen molar-refractivity contribution >= 4 is 5.97 Å². The Morgan fingerprint density at radius 1 is 1.25 bits per heavy atom. The van der Waals surface area contributed by atoms with Crippen LogP contribution in [0, 0.1) is 5.92 Å². The lowest BCUT2D eigenvalue weighted by molar-refractivity contribution is -0.157. The van der Waals surface area contributed by atoms with E-state index in [9.17, 15) is 4.79 Å². The molecule has 2 nitrogen and oxygen atoms in total. The minimum absolute atomic E-state index is 0.0182. The molecule has 2 aliphatic carbocycles. The molecule has 0 atom stereocenters. The molecule has 0 aromatic carbocycles. The van der Waals surface area contributed by atoms with Crippen LogP contribution in [0.2, 0.25) is 0 Å². The smallest absolute Gasteiger partial charge is 0.309 e. The Kier molecular flexibility index (Phi) is 2.15. The fraction of sp³-hybridized carbons (Fsp3) is 0.700. The molecular formula is C10H14O2. The SMILES string of the molecule is O=C(OC1CCC1)C1CC=CC1. The van der Waals surface area contributed by atoms with Gasteiger partial charge in [-0.1, -0.05) is 12.2 Å². The van der Waals surface area contributed by atoms with Crippen LogP contribution in [0.25, 0.3) is 0 Å². The molecular weight excluding hydrogens is 152 g/mol. The number of carbonyl (C=O) groups excluding carboxylic acids is 1. The Balaban J connectivity index is 1.75. The third-order valence-electron chi connectivity index (χ3n) is 2.68. The Morgan fingerprint density at radius 3 is 2.42 bits per heavy atom. The van der Waals surface area contributed by atoms with E-state index in [2.05, 4.69) is 12.2 Å². The largest absolute Gasteiger partial charge is 0.462 e. The van der Waals surface area contributed by atoms with Crippen molar-refractivity contribution in [3.8, 4) is 0 Å². The van der Waals surface area contributed by atoms with Crippen LogP contribution in [-0.2, 0) is 9.53 Å². The van der Waals surface area contributed by atoms with Gasteiger partial charge in [-0.25, -0.2) is 0 Å². The first-order chi connectivity index (χ1) is 5.86. The molecule has 0 aromatic heterocycles. The van der Waals surface area contributed by atoms with Gasteiger partial charge in [0.15, 0.2) is 0 Å². The van der Waals surface area contributed by atoms with Crippen LogP contribution in [-0.4, -0.2) is 12.1 Å². The van der Waals surface area contributed by atoms with Gasteiger partial charge in [0.1, 0.15) is 6.10 Å². The molecule has 2 rings (SSSR count). The lowest BCUT2D eigenvalue weighted by atomic mass is 9.96. The summed E-state index contributed by atoms with van der Waals surface area (Å²) in [6, 6.07) is 0. The molecule has 0 saturated heterocycles. The summed E-state index contributed by atoms with van der Waals surface area (Å²) in [5, 5.41) is 0. The van der Waals surface area contributed by atoms with Crippen molar-refractivity contribution in [3.63, 3.8) is 0 Å². The van der Waals surface area contributed by atoms with Crippen LogP contribution < -0.4 is 0 Å². The molecule has 0 aliphatic heterocycles. The van der Waals surface area contributed by atoms with Crippen molar-refractivity contribution < 1.29 is 9.53 Å². The maximum absolute atomic E-state index is 11.4. The number of hydrogen-bond acceptors (Lipinski definition) is 2. The van der Waals surface area contributed by atoms with Crippen LogP contribution in [0.1, 0.15) is 32.1 Å². The van der Waals surface area contributed by atoms with Crippen LogP contribution in [0.15, 0.2) is 12.2 Å². The van der Waals surface area contributed by atoms with Gasteiger partial charge in [0.2, 0.25) is 0 Å². The predicted molar refractivity (Wildman–Crippen MR) is 45.6 cm³/mol. The number of hydrogen-bond donors (Lipinski definition) is 0. The summed E-state index contributed by atoms with van der Waals surface area (Å²) >= 11 is 0. The topological polar surface area (TPSA) is 26.3 Å². The Bertz CT molecular complexity index is 196. The van der Waals surface area contributed by atoms with Crippen LogP contribution in [0.3, 0.4) is 0 Å². The highest BCUT2D eigenvalue weighted by Gasteiger charge is 2.26. The molecule has 1 fully saturated rings. The highest BCUT2D eigenvalue weighted by atomic mass is 16.5. The maximum atomic E-state index is 11.4. The van der Waals surface area contributed by atoms with E-state index in [-0.39, 0.29) is 18.0 Å².